The first kappa shape index (κ1) is 16.4. The number of esters is 1. The van der Waals surface area contributed by atoms with E-state index in [0.29, 0.717) is 13.0 Å². The third-order valence-electron chi connectivity index (χ3n) is 4.57. The first-order valence-corrected chi connectivity index (χ1v) is 8.04. The number of cyclic esters (lactones) is 1. The maximum Gasteiger partial charge on any atom is 0.307 e. The molecule has 1 fully saturated rings. The summed E-state index contributed by atoms with van der Waals surface area (Å²) in [5, 5.41) is 4.00. The molecule has 2 heterocycles. The summed E-state index contributed by atoms with van der Waals surface area (Å²) < 4.78 is 10.5. The Hall–Kier alpha value is -2.50. The number of ether oxygens (including phenoxy) is 2. The van der Waals surface area contributed by atoms with E-state index in [1.807, 2.05) is 24.4 Å². The minimum atomic E-state index is -0.741. The third kappa shape index (κ3) is 3.09. The van der Waals surface area contributed by atoms with Gasteiger partial charge in [-0.15, -0.1) is 0 Å². The van der Waals surface area contributed by atoms with Gasteiger partial charge in [-0.2, -0.15) is 0 Å². The standard InChI is InChI=1S/C18H22N2O4/c1-18(2)14(9-16(21)24-18)17(22)19-7-6-11-10-20-15-5-4-12(23-3)8-13(11)15/h4-5,8,10,14,20H,6-7,9H2,1-3H3,(H,19,22)/t14-/m0/s1. The quantitative estimate of drug-likeness (QED) is 0.824. The van der Waals surface area contributed by atoms with Crippen molar-refractivity contribution in [2.45, 2.75) is 32.3 Å². The van der Waals surface area contributed by atoms with Gasteiger partial charge in [0.25, 0.3) is 0 Å². The molecule has 0 unspecified atom stereocenters. The Kier molecular flexibility index (Phi) is 4.22. The summed E-state index contributed by atoms with van der Waals surface area (Å²) >= 11 is 0. The lowest BCUT2D eigenvalue weighted by atomic mass is 9.90. The molecule has 2 aromatic rings. The smallest absolute Gasteiger partial charge is 0.307 e. The maximum atomic E-state index is 12.3. The average molecular weight is 330 g/mol. The van der Waals surface area contributed by atoms with Gasteiger partial charge < -0.3 is 19.8 Å². The molecule has 1 aliphatic rings. The van der Waals surface area contributed by atoms with Crippen molar-refractivity contribution in [2.75, 3.05) is 13.7 Å². The van der Waals surface area contributed by atoms with Crippen LogP contribution in [-0.2, 0) is 20.7 Å². The highest BCUT2D eigenvalue weighted by Gasteiger charge is 2.45. The molecular formula is C18H22N2O4. The summed E-state index contributed by atoms with van der Waals surface area (Å²) in [5.41, 5.74) is 1.41. The van der Waals surface area contributed by atoms with Crippen LogP contribution in [0.25, 0.3) is 10.9 Å². The Labute approximate surface area is 140 Å². The van der Waals surface area contributed by atoms with Crippen molar-refractivity contribution in [1.29, 1.82) is 0 Å². The molecule has 6 heteroatoms. The lowest BCUT2D eigenvalue weighted by molar-refractivity contribution is -0.147. The van der Waals surface area contributed by atoms with E-state index < -0.39 is 11.5 Å². The third-order valence-corrected chi connectivity index (χ3v) is 4.57. The van der Waals surface area contributed by atoms with E-state index >= 15 is 0 Å². The van der Waals surface area contributed by atoms with Crippen molar-refractivity contribution in [1.82, 2.24) is 10.3 Å². The maximum absolute atomic E-state index is 12.3. The van der Waals surface area contributed by atoms with Gasteiger partial charge in [-0.25, -0.2) is 0 Å². The van der Waals surface area contributed by atoms with Crippen LogP contribution in [0.3, 0.4) is 0 Å². The molecular weight excluding hydrogens is 308 g/mol. The minimum absolute atomic E-state index is 0.136. The lowest BCUT2D eigenvalue weighted by Crippen LogP contribution is -2.41. The molecule has 1 aliphatic heterocycles. The Balaban J connectivity index is 1.62. The first-order chi connectivity index (χ1) is 11.4. The normalized spacial score (nSPS) is 19.3. The summed E-state index contributed by atoms with van der Waals surface area (Å²) in [4.78, 5) is 27.0. The molecule has 0 bridgehead atoms. The average Bonchev–Trinajstić information content (AvgIpc) is 3.06. The molecule has 1 amide bonds. The number of aromatic amines is 1. The van der Waals surface area contributed by atoms with Gasteiger partial charge in [0.15, 0.2) is 0 Å². The molecule has 0 spiro atoms. The number of fused-ring (bicyclic) bond motifs is 1. The number of carbonyl (C=O) groups is 2. The largest absolute Gasteiger partial charge is 0.497 e. The molecule has 0 saturated carbocycles. The highest BCUT2D eigenvalue weighted by molar-refractivity contribution is 5.88. The lowest BCUT2D eigenvalue weighted by Gasteiger charge is -2.23. The molecule has 0 aliphatic carbocycles. The van der Waals surface area contributed by atoms with Gasteiger partial charge >= 0.3 is 5.97 Å². The SMILES string of the molecule is COc1ccc2[nH]cc(CCNC(=O)[C@@H]3CC(=O)OC3(C)C)c2c1. The summed E-state index contributed by atoms with van der Waals surface area (Å²) in [7, 11) is 1.64. The number of hydrogen-bond acceptors (Lipinski definition) is 4. The van der Waals surface area contributed by atoms with Crippen LogP contribution in [0.2, 0.25) is 0 Å². The van der Waals surface area contributed by atoms with Gasteiger partial charge in [0.05, 0.1) is 19.4 Å². The number of rotatable bonds is 5. The van der Waals surface area contributed by atoms with E-state index in [9.17, 15) is 9.59 Å². The molecule has 2 N–H and O–H groups in total. The van der Waals surface area contributed by atoms with Crippen LogP contribution < -0.4 is 10.1 Å². The molecule has 24 heavy (non-hydrogen) atoms. The van der Waals surface area contributed by atoms with Crippen molar-refractivity contribution >= 4 is 22.8 Å². The second-order valence-corrected chi connectivity index (χ2v) is 6.60. The first-order valence-electron chi connectivity index (χ1n) is 8.04. The number of hydrogen-bond donors (Lipinski definition) is 2. The van der Waals surface area contributed by atoms with E-state index in [1.54, 1.807) is 21.0 Å². The predicted octanol–water partition coefficient (Wildman–Crippen LogP) is 2.18. The second kappa shape index (κ2) is 6.19. The van der Waals surface area contributed by atoms with Crippen LogP contribution in [0.4, 0.5) is 0 Å². The topological polar surface area (TPSA) is 80.4 Å². The molecule has 1 aromatic carbocycles. The molecule has 1 saturated heterocycles. The molecule has 1 aromatic heterocycles. The number of benzene rings is 1. The van der Waals surface area contributed by atoms with Crippen LogP contribution in [0.5, 0.6) is 5.75 Å². The summed E-state index contributed by atoms with van der Waals surface area (Å²) in [6.45, 7) is 4.05. The van der Waals surface area contributed by atoms with Gasteiger partial charge in [-0.05, 0) is 44.0 Å². The summed E-state index contributed by atoms with van der Waals surface area (Å²) in [5.74, 6) is -0.0871. The number of carbonyl (C=O) groups excluding carboxylic acids is 2. The van der Waals surface area contributed by atoms with Crippen LogP contribution >= 0.6 is 0 Å². The molecule has 128 valence electrons. The Morgan fingerprint density at radius 3 is 2.92 bits per heavy atom. The van der Waals surface area contributed by atoms with E-state index in [-0.39, 0.29) is 18.3 Å². The summed E-state index contributed by atoms with van der Waals surface area (Å²) in [6, 6.07) is 5.86. The second-order valence-electron chi connectivity index (χ2n) is 6.60. The zero-order valence-corrected chi connectivity index (χ0v) is 14.1. The Morgan fingerprint density at radius 1 is 1.46 bits per heavy atom. The van der Waals surface area contributed by atoms with Crippen molar-refractivity contribution in [3.63, 3.8) is 0 Å². The van der Waals surface area contributed by atoms with Crippen molar-refractivity contribution in [3.05, 3.63) is 30.0 Å². The predicted molar refractivity (Wildman–Crippen MR) is 89.8 cm³/mol. The van der Waals surface area contributed by atoms with Gasteiger partial charge in [0.2, 0.25) is 5.91 Å². The zero-order chi connectivity index (χ0) is 17.3. The molecule has 0 radical (unpaired) electrons. The minimum Gasteiger partial charge on any atom is -0.497 e. The van der Waals surface area contributed by atoms with E-state index in [2.05, 4.69) is 10.3 Å². The number of aromatic nitrogens is 1. The van der Waals surface area contributed by atoms with Gasteiger partial charge in [0, 0.05) is 23.6 Å². The van der Waals surface area contributed by atoms with Crippen LogP contribution in [0, 0.1) is 5.92 Å². The van der Waals surface area contributed by atoms with Crippen molar-refractivity contribution < 1.29 is 19.1 Å². The van der Waals surface area contributed by atoms with Gasteiger partial charge in [-0.1, -0.05) is 0 Å². The zero-order valence-electron chi connectivity index (χ0n) is 14.1. The Morgan fingerprint density at radius 2 is 2.25 bits per heavy atom. The highest BCUT2D eigenvalue weighted by atomic mass is 16.6. The van der Waals surface area contributed by atoms with Gasteiger partial charge in [-0.3, -0.25) is 9.59 Å². The number of nitrogens with one attached hydrogen (secondary N) is 2. The molecule has 6 nitrogen and oxygen atoms in total. The van der Waals surface area contributed by atoms with Crippen LogP contribution in [0.15, 0.2) is 24.4 Å². The van der Waals surface area contributed by atoms with Crippen molar-refractivity contribution in [3.8, 4) is 5.75 Å². The van der Waals surface area contributed by atoms with Crippen molar-refractivity contribution in [2.24, 2.45) is 5.92 Å². The van der Waals surface area contributed by atoms with Crippen LogP contribution in [-0.4, -0.2) is 36.1 Å². The monoisotopic (exact) mass is 330 g/mol. The van der Waals surface area contributed by atoms with E-state index in [1.165, 1.54) is 0 Å². The number of amides is 1. The fourth-order valence-electron chi connectivity index (χ4n) is 3.16. The fraction of sp³-hybridized carbons (Fsp3) is 0.444. The molecule has 1 atom stereocenters. The Bertz CT molecular complexity index is 778. The van der Waals surface area contributed by atoms with Crippen LogP contribution in [0.1, 0.15) is 25.8 Å². The number of methoxy groups -OCH3 is 1. The molecule has 3 rings (SSSR count). The van der Waals surface area contributed by atoms with Gasteiger partial charge in [0.1, 0.15) is 11.4 Å². The van der Waals surface area contributed by atoms with E-state index in [4.69, 9.17) is 9.47 Å². The highest BCUT2D eigenvalue weighted by Crippen LogP contribution is 2.32. The fourth-order valence-corrected chi connectivity index (χ4v) is 3.16. The number of H-pyrrole nitrogens is 1. The summed E-state index contributed by atoms with van der Waals surface area (Å²) in [6.07, 6.45) is 2.78. The van der Waals surface area contributed by atoms with E-state index in [0.717, 1.165) is 22.2 Å².